The second-order valence-electron chi connectivity index (χ2n) is 26.2. The first-order valence-corrected chi connectivity index (χ1v) is 26.7. The van der Waals surface area contributed by atoms with Gasteiger partial charge in [-0.1, -0.05) is 104 Å². The second kappa shape index (κ2) is 18.1. The van der Waals surface area contributed by atoms with E-state index >= 15 is 0 Å². The Morgan fingerprint density at radius 2 is 1.17 bits per heavy atom. The SMILES string of the molecule is CC(=O)O[C@@H]1CC[C@@]2(C)[C@H](CC[C@@H]3[C@@H]2CC[C@]2(C)[C@@H]([C@H](C)CCC(=O)Oc4c(C(C)(C)C)cc(SC(C)(C)Sc5cc(C(C)(C)C)c(O)c(C(C)(C)C)c5)cc4C(C)(C)C)CC[C@@H]32)C1. The van der Waals surface area contributed by atoms with E-state index in [9.17, 15) is 14.7 Å². The molecule has 7 heteroatoms. The van der Waals surface area contributed by atoms with Gasteiger partial charge in [0.15, 0.2) is 0 Å². The van der Waals surface area contributed by atoms with E-state index in [-0.39, 0.29) is 43.8 Å². The highest BCUT2D eigenvalue weighted by Gasteiger charge is 2.61. The molecular weight excluding hydrogens is 829 g/mol. The number of phenolic OH excluding ortho intramolecular Hbond substituents is 1. The predicted molar refractivity (Wildman–Crippen MR) is 270 cm³/mol. The standard InChI is InChI=1S/C57H88O5S2/c1-34(41-22-23-42-40-21-20-36-29-37(61-35(2)58)25-27-56(36,17)43(40)26-28-57(41,42)18)19-24-48(59)62-50-46(53(9,10)11)32-39(33-47(50)54(12,13)14)64-55(15,16)63-38-30-44(51(3,4)5)49(60)45(31-38)52(6,7)8/h30-34,36-37,40-43,60H,19-29H2,1-18H3/t34-,36-,37-,40+,41-,42+,43+,56+,57-/m1/s1. The summed E-state index contributed by atoms with van der Waals surface area (Å²) in [6.45, 7) is 40.2. The van der Waals surface area contributed by atoms with Gasteiger partial charge in [0.05, 0.1) is 4.08 Å². The highest BCUT2D eigenvalue weighted by molar-refractivity contribution is 8.18. The van der Waals surface area contributed by atoms with Crippen molar-refractivity contribution in [3.63, 3.8) is 0 Å². The summed E-state index contributed by atoms with van der Waals surface area (Å²) >= 11 is 3.70. The Morgan fingerprint density at radius 3 is 1.67 bits per heavy atom. The van der Waals surface area contributed by atoms with Crippen molar-refractivity contribution in [1.82, 2.24) is 0 Å². The molecule has 0 aliphatic heterocycles. The molecule has 0 unspecified atom stereocenters. The number of hydrogen-bond donors (Lipinski definition) is 1. The molecule has 0 aromatic heterocycles. The Hall–Kier alpha value is -2.12. The van der Waals surface area contributed by atoms with Crippen molar-refractivity contribution in [3.05, 3.63) is 46.5 Å². The van der Waals surface area contributed by atoms with Gasteiger partial charge in [-0.3, -0.25) is 9.59 Å². The lowest BCUT2D eigenvalue weighted by molar-refractivity contribution is -0.160. The van der Waals surface area contributed by atoms with Crippen molar-refractivity contribution in [2.24, 2.45) is 46.3 Å². The number of esters is 2. The van der Waals surface area contributed by atoms with Crippen LogP contribution in [0.5, 0.6) is 11.5 Å². The minimum absolute atomic E-state index is 0.105. The lowest BCUT2D eigenvalue weighted by atomic mass is 9.44. The number of phenols is 1. The molecule has 4 aliphatic carbocycles. The van der Waals surface area contributed by atoms with Gasteiger partial charge in [-0.15, -0.1) is 23.5 Å². The molecule has 2 aromatic carbocycles. The van der Waals surface area contributed by atoms with Gasteiger partial charge in [0.25, 0.3) is 0 Å². The van der Waals surface area contributed by atoms with Crippen molar-refractivity contribution in [1.29, 1.82) is 0 Å². The zero-order chi connectivity index (χ0) is 47.7. The number of benzene rings is 2. The van der Waals surface area contributed by atoms with E-state index in [1.165, 1.54) is 49.8 Å². The molecule has 4 fully saturated rings. The maximum atomic E-state index is 14.2. The Balaban J connectivity index is 1.16. The summed E-state index contributed by atoms with van der Waals surface area (Å²) in [7, 11) is 0. The maximum Gasteiger partial charge on any atom is 0.311 e. The Bertz CT molecular complexity index is 1970. The molecule has 4 aliphatic rings. The van der Waals surface area contributed by atoms with E-state index in [1.807, 2.05) is 23.5 Å². The summed E-state index contributed by atoms with van der Waals surface area (Å²) in [5.74, 6) is 4.99. The summed E-state index contributed by atoms with van der Waals surface area (Å²) in [4.78, 5) is 28.3. The van der Waals surface area contributed by atoms with Crippen molar-refractivity contribution in [2.45, 2.75) is 237 Å². The molecule has 4 saturated carbocycles. The molecular formula is C57H88O5S2. The largest absolute Gasteiger partial charge is 0.507 e. The molecule has 1 N–H and O–H groups in total. The molecule has 9 atom stereocenters. The van der Waals surface area contributed by atoms with Gasteiger partial charge < -0.3 is 14.6 Å². The molecule has 358 valence electrons. The Kier molecular flexibility index (Phi) is 14.5. The molecule has 5 nitrogen and oxygen atoms in total. The minimum Gasteiger partial charge on any atom is -0.507 e. The predicted octanol–water partition coefficient (Wildman–Crippen LogP) is 16.1. The third-order valence-electron chi connectivity index (χ3n) is 16.8. The van der Waals surface area contributed by atoms with Crippen LogP contribution in [0.4, 0.5) is 0 Å². The van der Waals surface area contributed by atoms with Crippen LogP contribution in [0, 0.1) is 46.3 Å². The maximum absolute atomic E-state index is 14.2. The molecule has 6 rings (SSSR count). The van der Waals surface area contributed by atoms with Crippen LogP contribution in [0.1, 0.15) is 218 Å². The molecule has 0 heterocycles. The average molecular weight is 917 g/mol. The van der Waals surface area contributed by atoms with Gasteiger partial charge in [-0.05, 0) is 170 Å². The molecule has 0 radical (unpaired) electrons. The topological polar surface area (TPSA) is 72.8 Å². The molecule has 0 amide bonds. The van der Waals surface area contributed by atoms with E-state index in [0.29, 0.717) is 40.8 Å². The van der Waals surface area contributed by atoms with E-state index < -0.39 is 0 Å². The van der Waals surface area contributed by atoms with Crippen molar-refractivity contribution < 1.29 is 24.2 Å². The van der Waals surface area contributed by atoms with Crippen LogP contribution >= 0.6 is 23.5 Å². The molecule has 2 aromatic rings. The summed E-state index contributed by atoms with van der Waals surface area (Å²) in [5, 5.41) is 11.4. The summed E-state index contributed by atoms with van der Waals surface area (Å²) in [5.41, 5.74) is 3.90. The van der Waals surface area contributed by atoms with Crippen LogP contribution in [-0.2, 0) is 36.0 Å². The van der Waals surface area contributed by atoms with Gasteiger partial charge >= 0.3 is 11.9 Å². The van der Waals surface area contributed by atoms with Crippen molar-refractivity contribution in [3.8, 4) is 11.5 Å². The first-order valence-electron chi connectivity index (χ1n) is 25.1. The number of ether oxygens (including phenoxy) is 2. The van der Waals surface area contributed by atoms with Crippen molar-refractivity contribution >= 4 is 35.5 Å². The highest BCUT2D eigenvalue weighted by atomic mass is 32.2. The fourth-order valence-corrected chi connectivity index (χ4v) is 16.1. The average Bonchev–Trinajstić information content (AvgIpc) is 3.50. The van der Waals surface area contributed by atoms with E-state index in [0.717, 1.165) is 69.9 Å². The lowest BCUT2D eigenvalue weighted by Gasteiger charge is -2.61. The summed E-state index contributed by atoms with van der Waals surface area (Å²) in [6, 6.07) is 8.93. The molecule has 0 spiro atoms. The monoisotopic (exact) mass is 917 g/mol. The van der Waals surface area contributed by atoms with E-state index in [1.54, 1.807) is 6.92 Å². The fraction of sp³-hybridized carbons (Fsp3) is 0.754. The number of thioether (sulfide) groups is 2. The minimum atomic E-state index is -0.249. The Morgan fingerprint density at radius 1 is 0.688 bits per heavy atom. The summed E-state index contributed by atoms with van der Waals surface area (Å²) < 4.78 is 12.1. The first-order chi connectivity index (χ1) is 29.2. The van der Waals surface area contributed by atoms with Crippen LogP contribution in [0.3, 0.4) is 0 Å². The normalized spacial score (nSPS) is 29.3. The van der Waals surface area contributed by atoms with E-state index in [4.69, 9.17) is 9.47 Å². The number of hydrogen-bond acceptors (Lipinski definition) is 7. The van der Waals surface area contributed by atoms with Crippen LogP contribution in [0.25, 0.3) is 0 Å². The van der Waals surface area contributed by atoms with Gasteiger partial charge in [-0.25, -0.2) is 0 Å². The number of rotatable bonds is 10. The van der Waals surface area contributed by atoms with Gasteiger partial charge in [0.1, 0.15) is 17.6 Å². The smallest absolute Gasteiger partial charge is 0.311 e. The van der Waals surface area contributed by atoms with Crippen LogP contribution in [-0.4, -0.2) is 27.2 Å². The molecule has 0 bridgehead atoms. The quantitative estimate of drug-likeness (QED) is 0.110. The Labute approximate surface area is 398 Å². The van der Waals surface area contributed by atoms with E-state index in [2.05, 4.69) is 142 Å². The lowest BCUT2D eigenvalue weighted by Crippen LogP contribution is -2.54. The third kappa shape index (κ3) is 10.8. The number of fused-ring (bicyclic) bond motifs is 5. The van der Waals surface area contributed by atoms with Crippen LogP contribution in [0.2, 0.25) is 0 Å². The second-order valence-corrected chi connectivity index (χ2v) is 29.9. The zero-order valence-electron chi connectivity index (χ0n) is 43.5. The number of carbonyl (C=O) groups excluding carboxylic acids is 2. The van der Waals surface area contributed by atoms with Gasteiger partial charge in [-0.2, -0.15) is 0 Å². The number of aromatic hydroxyl groups is 1. The molecule has 64 heavy (non-hydrogen) atoms. The first kappa shape index (κ1) is 51.3. The van der Waals surface area contributed by atoms with Crippen LogP contribution in [0.15, 0.2) is 34.1 Å². The highest BCUT2D eigenvalue weighted by Crippen LogP contribution is 2.68. The van der Waals surface area contributed by atoms with Crippen LogP contribution < -0.4 is 4.74 Å². The third-order valence-corrected chi connectivity index (χ3v) is 19.3. The van der Waals surface area contributed by atoms with Crippen molar-refractivity contribution in [2.75, 3.05) is 0 Å². The number of carbonyl (C=O) groups is 2. The van der Waals surface area contributed by atoms with Gasteiger partial charge in [0.2, 0.25) is 0 Å². The summed E-state index contributed by atoms with van der Waals surface area (Å²) in [6.07, 6.45) is 12.4. The molecule has 0 saturated heterocycles. The fourth-order valence-electron chi connectivity index (χ4n) is 13.5. The zero-order valence-corrected chi connectivity index (χ0v) is 45.2. The van der Waals surface area contributed by atoms with Gasteiger partial charge in [0, 0.05) is 45.4 Å².